The van der Waals surface area contributed by atoms with Gasteiger partial charge >= 0.3 is 11.9 Å². The minimum Gasteiger partial charge on any atom is -0.497 e. The summed E-state index contributed by atoms with van der Waals surface area (Å²) in [5, 5.41) is 59.2. The van der Waals surface area contributed by atoms with E-state index in [2.05, 4.69) is 63.1 Å². The number of aliphatic hydroxyl groups excluding tert-OH is 1. The molecule has 0 bridgehead atoms. The molecular weight excluding hydrogens is 1750 g/mol. The van der Waals surface area contributed by atoms with Crippen LogP contribution in [0, 0.1) is 0 Å². The van der Waals surface area contributed by atoms with Crippen LogP contribution in [0.4, 0.5) is 0 Å². The fourth-order valence-electron chi connectivity index (χ4n) is 16.3. The molecule has 5 aromatic rings. The van der Waals surface area contributed by atoms with Gasteiger partial charge in [-0.25, -0.2) is 0 Å². The number of aliphatic carboxylic acids is 2. The third kappa shape index (κ3) is 29.6. The maximum absolute atomic E-state index is 15.8. The zero-order valence-corrected chi connectivity index (χ0v) is 76.7. The van der Waals surface area contributed by atoms with E-state index in [4.69, 9.17) is 27.7 Å². The lowest BCUT2D eigenvalue weighted by atomic mass is 9.99. The van der Waals surface area contributed by atoms with Crippen LogP contribution in [0.3, 0.4) is 0 Å². The van der Waals surface area contributed by atoms with E-state index in [9.17, 15) is 68.1 Å². The Hall–Kier alpha value is -12.8. The van der Waals surface area contributed by atoms with Crippen LogP contribution in [-0.2, 0) is 106 Å². The van der Waals surface area contributed by atoms with E-state index in [0.29, 0.717) is 76.3 Å². The summed E-state index contributed by atoms with van der Waals surface area (Å²) in [6.45, 7) is 3.01. The molecule has 3 fully saturated rings. The number of ether oxygens (including phenoxy) is 1. The molecule has 5 heterocycles. The summed E-state index contributed by atoms with van der Waals surface area (Å²) in [5.41, 5.74) is 26.1. The molecule has 16 amide bonds. The van der Waals surface area contributed by atoms with Gasteiger partial charge in [0.2, 0.25) is 94.5 Å². The number of methoxy groups -OCH3 is 1. The van der Waals surface area contributed by atoms with Crippen molar-refractivity contribution in [1.82, 2.24) is 87.6 Å². The summed E-state index contributed by atoms with van der Waals surface area (Å²) in [6, 6.07) is -2.27. The van der Waals surface area contributed by atoms with Crippen LogP contribution in [0.25, 0.3) is 21.8 Å². The number of amides is 16. The largest absolute Gasteiger partial charge is 0.497 e. The Balaban J connectivity index is 1.20. The summed E-state index contributed by atoms with van der Waals surface area (Å²) in [4.78, 5) is 273. The lowest BCUT2D eigenvalue weighted by Crippen LogP contribution is -2.61. The summed E-state index contributed by atoms with van der Waals surface area (Å²) in [6.07, 6.45) is 0.117. The number of fused-ring (bicyclic) bond motifs is 4. The predicted octanol–water partition coefficient (Wildman–Crippen LogP) is -2.99. The number of carboxylic acids is 2. The number of nitrogens with two attached hydrogens (primary N) is 4. The molecule has 0 saturated carbocycles. The normalized spacial score (nSPS) is 24.9. The zero-order chi connectivity index (χ0) is 97.4. The van der Waals surface area contributed by atoms with Crippen molar-refractivity contribution in [3.05, 3.63) is 102 Å². The highest BCUT2D eigenvalue weighted by molar-refractivity contribution is 8.00. The molecule has 133 heavy (non-hydrogen) atoms. The number of carbonyl (C=O) groups excluding carboxylic acids is 16. The van der Waals surface area contributed by atoms with Gasteiger partial charge in [-0.1, -0.05) is 88.1 Å². The van der Waals surface area contributed by atoms with Gasteiger partial charge in [-0.3, -0.25) is 86.3 Å². The number of thioether (sulfide) groups is 1. The monoisotopic (exact) mass is 1870 g/mol. The van der Waals surface area contributed by atoms with Gasteiger partial charge in [-0.15, -0.1) is 11.8 Å². The Morgan fingerprint density at radius 2 is 1.01 bits per heavy atom. The molecule has 3 aliphatic heterocycles. The molecule has 0 radical (unpaired) electrons. The number of hydrogen-bond acceptors (Lipinski definition) is 24. The lowest BCUT2D eigenvalue weighted by Gasteiger charge is -2.36. The number of H-pyrrole nitrogens is 2. The quantitative estimate of drug-likeness (QED) is 0.0222. The lowest BCUT2D eigenvalue weighted by molar-refractivity contribution is -0.149. The van der Waals surface area contributed by atoms with Crippen molar-refractivity contribution in [2.24, 2.45) is 22.9 Å². The van der Waals surface area contributed by atoms with Crippen molar-refractivity contribution in [3.8, 4) is 5.75 Å². The summed E-state index contributed by atoms with van der Waals surface area (Å²) >= 11 is 0.776. The fourth-order valence-corrected chi connectivity index (χ4v) is 17.2. The number of hydrogen-bond donors (Lipinski definition) is 19. The standard InChI is InChI=1S/C89H127N21O22S/c1-8-10-26-68-82(124)98-59(25-18-34-91)78(120)105-67(77(119)96-45-72(93)112)47-133-48-73(113)97-63(36-50-29-31-54(132-7)32-30-50)85(127)106(4)49(3)76(118)102-65(41-75(116)117)88(130)109-35-19-28-69(109)83(125)104-66(42-92)81(123)99-60(24-16-17-33-90)87(129)110-46-53(111)39-71(110)84(126)101-61(37-51-43-94-57-22-14-12-20-55(51)57)79(121)100-62(40-74(114)115)80(122)103-64(38-52-44-95-58-23-15-13-21-56(52)58)86(128)108(6)70(27-11-9-2)89(131)107(68)5/h12-15,20-23,29-32,43-44,49,53,59-71,94-95,111H,8-11,16-19,24-28,33-42,45-48,90-92H2,1-7H3,(H2,93,112)(H,96,119)(H,97,113)(H,98,124)(H,99,123)(H,100,121)(H,101,126)(H,102,118)(H,103,122)(H,104,125)(H,105,120)(H,114,115)(H,116,117)/t49-,53+,59-,60-,61-,62-,63-,64-,65-,66-,67-,68-,69-,70-,71-/m0/s1. The Labute approximate surface area is 773 Å². The summed E-state index contributed by atoms with van der Waals surface area (Å²) < 4.78 is 5.33. The first-order valence-electron chi connectivity index (χ1n) is 44.7. The van der Waals surface area contributed by atoms with E-state index < -0.39 is 248 Å². The van der Waals surface area contributed by atoms with E-state index in [1.54, 1.807) is 85.2 Å². The van der Waals surface area contributed by atoms with Crippen molar-refractivity contribution in [2.45, 2.75) is 233 Å². The Morgan fingerprint density at radius 3 is 1.61 bits per heavy atom. The summed E-state index contributed by atoms with van der Waals surface area (Å²) in [5.74, 6) is -19.3. The minimum atomic E-state index is -2.05. The van der Waals surface area contributed by atoms with Crippen molar-refractivity contribution >= 4 is 140 Å². The van der Waals surface area contributed by atoms with E-state index in [1.165, 1.54) is 35.2 Å². The van der Waals surface area contributed by atoms with Crippen LogP contribution in [0.15, 0.2) is 85.2 Å². The molecule has 3 aromatic carbocycles. The number of rotatable bonds is 28. The molecule has 23 N–H and O–H groups in total. The van der Waals surface area contributed by atoms with Crippen LogP contribution in [0.1, 0.15) is 140 Å². The number of carboxylic acid groups (broad SMARTS) is 2. The number of nitrogens with one attached hydrogen (secondary N) is 12. The maximum Gasteiger partial charge on any atom is 0.305 e. The molecule has 3 saturated heterocycles. The first-order chi connectivity index (χ1) is 63.4. The van der Waals surface area contributed by atoms with Gasteiger partial charge in [-0.2, -0.15) is 0 Å². The topological polar surface area (TPSA) is 649 Å². The van der Waals surface area contributed by atoms with Gasteiger partial charge < -0.3 is 131 Å². The van der Waals surface area contributed by atoms with Crippen LogP contribution in [0.5, 0.6) is 5.75 Å². The summed E-state index contributed by atoms with van der Waals surface area (Å²) in [7, 11) is 5.28. The molecule has 0 unspecified atom stereocenters. The Bertz CT molecular complexity index is 4960. The van der Waals surface area contributed by atoms with Crippen molar-refractivity contribution in [2.75, 3.05) is 79.0 Å². The minimum absolute atomic E-state index is 0.0106. The van der Waals surface area contributed by atoms with E-state index in [1.807, 2.05) is 13.8 Å². The molecule has 2 aromatic heterocycles. The molecule has 43 nitrogen and oxygen atoms in total. The molecule has 0 spiro atoms. The van der Waals surface area contributed by atoms with Crippen LogP contribution in [-0.4, -0.2) is 326 Å². The second-order valence-corrected chi connectivity index (χ2v) is 34.6. The fraction of sp³-hybridized carbons (Fsp3) is 0.551. The van der Waals surface area contributed by atoms with Crippen molar-refractivity contribution < 1.29 is 106 Å². The molecule has 44 heteroatoms. The van der Waals surface area contributed by atoms with Gasteiger partial charge in [-0.05, 0) is 119 Å². The molecule has 15 atom stereocenters. The number of aliphatic hydroxyl groups is 1. The molecule has 3 aliphatic rings. The molecule has 726 valence electrons. The van der Waals surface area contributed by atoms with Crippen LogP contribution < -0.4 is 80.8 Å². The average molecular weight is 1880 g/mol. The highest BCUT2D eigenvalue weighted by Crippen LogP contribution is 2.28. The maximum atomic E-state index is 15.8. The molecule has 8 rings (SSSR count). The number of unbranched alkanes of at least 4 members (excludes halogenated alkanes) is 3. The van der Waals surface area contributed by atoms with Gasteiger partial charge in [0.05, 0.1) is 38.4 Å². The third-order valence-corrected chi connectivity index (χ3v) is 25.0. The van der Waals surface area contributed by atoms with Crippen LogP contribution in [0.2, 0.25) is 0 Å². The van der Waals surface area contributed by atoms with E-state index in [0.717, 1.165) is 36.3 Å². The highest BCUT2D eigenvalue weighted by Gasteiger charge is 2.47. The molecular formula is C89H127N21O22S. The third-order valence-electron chi connectivity index (χ3n) is 23.9. The number of carbonyl (C=O) groups is 18. The first kappa shape index (κ1) is 106. The van der Waals surface area contributed by atoms with Gasteiger partial charge in [0.15, 0.2) is 0 Å². The number of aromatic amines is 2. The average Bonchev–Trinajstić information content (AvgIpc) is 1.64. The Morgan fingerprint density at radius 1 is 0.504 bits per heavy atom. The van der Waals surface area contributed by atoms with Crippen molar-refractivity contribution in [1.29, 1.82) is 0 Å². The number of likely N-dealkylation sites (N-methyl/N-ethyl adjacent to an activating group) is 3. The van der Waals surface area contributed by atoms with Gasteiger partial charge in [0.25, 0.3) is 0 Å². The molecule has 0 aliphatic carbocycles. The first-order valence-corrected chi connectivity index (χ1v) is 45.8. The second kappa shape index (κ2) is 51.3. The predicted molar refractivity (Wildman–Crippen MR) is 488 cm³/mol. The SMILES string of the molecule is CCCC[C@H]1C(=O)N(C)[C@@H](CCCC)C(=O)N[C@@H](CCCN)C(=O)N[C@H](C(=O)NCC(N)=O)CSCC(=O)N[C@@H](Cc2ccc(OC)cc2)C(=O)N(C)[C@@H](C)C(=O)N[C@@H](CC(=O)O)C(=O)N2CCC[C@H]2C(=O)N[C@@H](CN)C(=O)N[C@@H](CCCCN)C(=O)N2C[C@H](O)C[C@H]2C(=O)N[C@@H](Cc2c[nH]c3ccccc23)C(=O)N[C@@H](CC(=O)O)C(=O)N[C@@H](Cc2c[nH]c3ccccc23)C(=O)N1C. The highest BCUT2D eigenvalue weighted by atomic mass is 32.2. The number of benzene rings is 3. The zero-order valence-electron chi connectivity index (χ0n) is 75.9. The smallest absolute Gasteiger partial charge is 0.305 e. The van der Waals surface area contributed by atoms with E-state index >= 15 is 33.6 Å². The van der Waals surface area contributed by atoms with Gasteiger partial charge in [0, 0.05) is 106 Å². The van der Waals surface area contributed by atoms with Crippen LogP contribution >= 0.6 is 11.8 Å². The van der Waals surface area contributed by atoms with E-state index in [-0.39, 0.29) is 90.3 Å². The number of primary amides is 1. The number of para-hydroxylation sites is 2. The Kier molecular flexibility index (Phi) is 40.7. The van der Waals surface area contributed by atoms with Crippen molar-refractivity contribution in [3.63, 3.8) is 0 Å². The number of aromatic nitrogens is 2. The second-order valence-electron chi connectivity index (χ2n) is 33.6. The van der Waals surface area contributed by atoms with Gasteiger partial charge in [0.1, 0.15) is 90.3 Å². The number of nitrogens with zero attached hydrogens (tertiary/aromatic N) is 5.